The second-order valence-electron chi connectivity index (χ2n) is 10.2. The molecule has 0 spiro atoms. The topological polar surface area (TPSA) is 121 Å². The largest absolute Gasteiger partial charge is 0.507 e. The van der Waals surface area contributed by atoms with Crippen molar-refractivity contribution in [3.8, 4) is 17.2 Å². The number of phenols is 1. The maximum Gasteiger partial charge on any atom is 0.259 e. The number of hydrogen-bond acceptors (Lipinski definition) is 8. The minimum Gasteiger partial charge on any atom is -0.507 e. The van der Waals surface area contributed by atoms with Gasteiger partial charge in [-0.25, -0.2) is 0 Å². The quantitative estimate of drug-likeness (QED) is 0.308. The van der Waals surface area contributed by atoms with Gasteiger partial charge in [0.15, 0.2) is 0 Å². The first-order valence-electron chi connectivity index (χ1n) is 14.1. The highest BCUT2D eigenvalue weighted by molar-refractivity contribution is 6.09. The number of ether oxygens (including phenoxy) is 3. The van der Waals surface area contributed by atoms with Crippen LogP contribution in [-0.2, 0) is 9.53 Å². The first-order valence-corrected chi connectivity index (χ1v) is 14.1. The van der Waals surface area contributed by atoms with E-state index < -0.39 is 5.91 Å². The van der Waals surface area contributed by atoms with Crippen molar-refractivity contribution < 1.29 is 33.7 Å². The van der Waals surface area contributed by atoms with E-state index in [1.165, 1.54) is 24.1 Å². The van der Waals surface area contributed by atoms with Crippen molar-refractivity contribution in [3.05, 3.63) is 77.9 Å². The number of rotatable bonds is 12. The third-order valence-electron chi connectivity index (χ3n) is 7.15. The average molecular weight is 591 g/mol. The molecule has 3 aromatic rings. The fourth-order valence-electron chi connectivity index (χ4n) is 4.59. The molecule has 0 aromatic heterocycles. The summed E-state index contributed by atoms with van der Waals surface area (Å²) in [6, 6.07) is 18.1. The van der Waals surface area contributed by atoms with Crippen LogP contribution in [0, 0.1) is 0 Å². The Hall–Kier alpha value is -4.61. The smallest absolute Gasteiger partial charge is 0.259 e. The van der Waals surface area contributed by atoms with Crippen molar-refractivity contribution in [1.29, 1.82) is 0 Å². The van der Waals surface area contributed by atoms with Gasteiger partial charge in [-0.05, 0) is 49.5 Å². The third-order valence-corrected chi connectivity index (χ3v) is 7.15. The van der Waals surface area contributed by atoms with E-state index in [9.17, 15) is 19.5 Å². The zero-order valence-electron chi connectivity index (χ0n) is 24.7. The van der Waals surface area contributed by atoms with E-state index in [1.54, 1.807) is 49.5 Å². The van der Waals surface area contributed by atoms with E-state index in [4.69, 9.17) is 14.2 Å². The van der Waals surface area contributed by atoms with Gasteiger partial charge >= 0.3 is 0 Å². The molecule has 1 aliphatic rings. The Labute approximate surface area is 251 Å². The van der Waals surface area contributed by atoms with Crippen LogP contribution in [0.15, 0.2) is 66.7 Å². The van der Waals surface area contributed by atoms with Crippen LogP contribution in [0.1, 0.15) is 27.1 Å². The van der Waals surface area contributed by atoms with Gasteiger partial charge in [0.2, 0.25) is 5.91 Å². The average Bonchev–Trinajstić information content (AvgIpc) is 3.02. The molecule has 0 radical (unpaired) electrons. The van der Waals surface area contributed by atoms with E-state index >= 15 is 0 Å². The van der Waals surface area contributed by atoms with Gasteiger partial charge in [-0.15, -0.1) is 0 Å². The third kappa shape index (κ3) is 8.24. The first kappa shape index (κ1) is 31.3. The minimum absolute atomic E-state index is 0.00189. The highest BCUT2D eigenvalue weighted by Gasteiger charge is 2.21. The summed E-state index contributed by atoms with van der Waals surface area (Å²) < 4.78 is 17.0. The van der Waals surface area contributed by atoms with Gasteiger partial charge < -0.3 is 39.3 Å². The number of nitrogens with one attached hydrogen (secondary N) is 1. The number of amides is 3. The summed E-state index contributed by atoms with van der Waals surface area (Å²) in [5.41, 5.74) is 1.39. The predicted octanol–water partition coefficient (Wildman–Crippen LogP) is 3.49. The van der Waals surface area contributed by atoms with Gasteiger partial charge in [-0.3, -0.25) is 14.4 Å². The Kier molecular flexibility index (Phi) is 11.0. The molecule has 0 unspecified atom stereocenters. The van der Waals surface area contributed by atoms with E-state index in [2.05, 4.69) is 10.2 Å². The van der Waals surface area contributed by atoms with Crippen molar-refractivity contribution in [2.75, 3.05) is 77.4 Å². The highest BCUT2D eigenvalue weighted by atomic mass is 16.5. The second-order valence-corrected chi connectivity index (χ2v) is 10.2. The lowest BCUT2D eigenvalue weighted by molar-refractivity contribution is -0.137. The van der Waals surface area contributed by atoms with Gasteiger partial charge in [-0.1, -0.05) is 24.3 Å². The van der Waals surface area contributed by atoms with Crippen LogP contribution in [0.3, 0.4) is 0 Å². The number of para-hydroxylation sites is 3. The molecule has 0 saturated carbocycles. The summed E-state index contributed by atoms with van der Waals surface area (Å²) in [4.78, 5) is 43.9. The fourth-order valence-corrected chi connectivity index (χ4v) is 4.59. The molecule has 0 atom stereocenters. The predicted molar refractivity (Wildman–Crippen MR) is 163 cm³/mol. The number of carbonyl (C=O) groups excluding carboxylic acids is 3. The molecular weight excluding hydrogens is 552 g/mol. The molecule has 2 N–H and O–H groups in total. The van der Waals surface area contributed by atoms with Gasteiger partial charge in [-0.2, -0.15) is 0 Å². The van der Waals surface area contributed by atoms with Gasteiger partial charge in [0.1, 0.15) is 23.9 Å². The Morgan fingerprint density at radius 2 is 1.65 bits per heavy atom. The van der Waals surface area contributed by atoms with E-state index in [0.29, 0.717) is 48.1 Å². The maximum absolute atomic E-state index is 13.4. The maximum atomic E-state index is 13.4. The zero-order valence-corrected chi connectivity index (χ0v) is 24.7. The lowest BCUT2D eigenvalue weighted by atomic mass is 10.1. The first-order chi connectivity index (χ1) is 20.8. The molecule has 4 rings (SSSR count). The molecule has 43 heavy (non-hydrogen) atoms. The minimum atomic E-state index is -0.509. The van der Waals surface area contributed by atoms with Crippen LogP contribution in [0.25, 0.3) is 0 Å². The molecule has 1 fully saturated rings. The summed E-state index contributed by atoms with van der Waals surface area (Å²) >= 11 is 0. The summed E-state index contributed by atoms with van der Waals surface area (Å²) in [5, 5.41) is 12.7. The number of phenolic OH excluding ortho intramolecular Hbond substituents is 1. The van der Waals surface area contributed by atoms with E-state index in [1.807, 2.05) is 24.1 Å². The Balaban J connectivity index is 1.31. The summed E-state index contributed by atoms with van der Waals surface area (Å²) in [7, 11) is 5.14. The summed E-state index contributed by atoms with van der Waals surface area (Å²) in [5.74, 6) is -0.132. The molecule has 1 heterocycles. The number of carbonyl (C=O) groups is 3. The second kappa shape index (κ2) is 15.0. The molecule has 11 heteroatoms. The molecule has 0 aliphatic carbocycles. The molecule has 3 aromatic carbocycles. The van der Waals surface area contributed by atoms with Crippen LogP contribution >= 0.6 is 0 Å². The molecule has 3 amide bonds. The van der Waals surface area contributed by atoms with Crippen molar-refractivity contribution in [2.45, 2.75) is 6.42 Å². The summed E-state index contributed by atoms with van der Waals surface area (Å²) in [6.07, 6.45) is 0.577. The van der Waals surface area contributed by atoms with Crippen LogP contribution < -0.4 is 19.7 Å². The Bertz CT molecular complexity index is 1420. The van der Waals surface area contributed by atoms with E-state index in [0.717, 1.165) is 26.2 Å². The Morgan fingerprint density at radius 1 is 0.930 bits per heavy atom. The molecule has 11 nitrogen and oxygen atoms in total. The number of piperazine rings is 1. The van der Waals surface area contributed by atoms with Crippen LogP contribution in [0.5, 0.6) is 17.2 Å². The molecule has 0 bridgehead atoms. The lowest BCUT2D eigenvalue weighted by Crippen LogP contribution is -2.48. The molecular formula is C32H38N4O7. The number of hydrogen-bond donors (Lipinski definition) is 2. The number of aromatic hydroxyl groups is 1. The molecule has 1 saturated heterocycles. The summed E-state index contributed by atoms with van der Waals surface area (Å²) in [6.45, 7) is 3.96. The van der Waals surface area contributed by atoms with Gasteiger partial charge in [0.25, 0.3) is 11.8 Å². The fraction of sp³-hybridized carbons (Fsp3) is 0.344. The van der Waals surface area contributed by atoms with E-state index in [-0.39, 0.29) is 29.7 Å². The highest BCUT2D eigenvalue weighted by Crippen LogP contribution is 2.31. The number of anilines is 2. The Morgan fingerprint density at radius 3 is 2.40 bits per heavy atom. The van der Waals surface area contributed by atoms with Gasteiger partial charge in [0, 0.05) is 45.2 Å². The monoisotopic (exact) mass is 590 g/mol. The van der Waals surface area contributed by atoms with Crippen molar-refractivity contribution >= 4 is 29.1 Å². The zero-order chi connectivity index (χ0) is 30.8. The molecule has 228 valence electrons. The number of methoxy groups -OCH3 is 1. The van der Waals surface area contributed by atoms with Crippen molar-refractivity contribution in [2.24, 2.45) is 0 Å². The SMILES string of the molecule is COc1cc(C(=O)N(C)c2ccccc2OCCCOCC(=O)N2CCN(C)CC2)ccc1NC(=O)c1ccccc1O. The van der Waals surface area contributed by atoms with Crippen LogP contribution in [-0.4, -0.2) is 99.8 Å². The van der Waals surface area contributed by atoms with Crippen molar-refractivity contribution in [1.82, 2.24) is 9.80 Å². The number of benzene rings is 3. The molecule has 1 aliphatic heterocycles. The van der Waals surface area contributed by atoms with Crippen LogP contribution in [0.4, 0.5) is 11.4 Å². The van der Waals surface area contributed by atoms with Gasteiger partial charge in [0.05, 0.1) is 37.3 Å². The normalized spacial score (nSPS) is 13.3. The number of nitrogens with zero attached hydrogens (tertiary/aromatic N) is 3. The number of likely N-dealkylation sites (N-methyl/N-ethyl adjacent to an activating group) is 1. The standard InChI is InChI=1S/C32H38N4O7/c1-34-15-17-36(18-16-34)30(38)22-42-19-8-20-43-28-12-7-5-10-26(28)35(2)32(40)23-13-14-25(29(21-23)41-3)33-31(39)24-9-4-6-11-27(24)37/h4-7,9-14,21,37H,8,15-20,22H2,1-3H3,(H,33,39). The van der Waals surface area contributed by atoms with Crippen molar-refractivity contribution in [3.63, 3.8) is 0 Å². The van der Waals surface area contributed by atoms with Crippen LogP contribution in [0.2, 0.25) is 0 Å². The lowest BCUT2D eigenvalue weighted by Gasteiger charge is -2.32.